The highest BCUT2D eigenvalue weighted by atomic mass is 79.9. The molecule has 2 aliphatic rings. The van der Waals surface area contributed by atoms with Crippen LogP contribution in [-0.4, -0.2) is 43.1 Å². The molecule has 1 aromatic heterocycles. The number of rotatable bonds is 4. The molecule has 3 rings (SSSR count). The van der Waals surface area contributed by atoms with Crippen LogP contribution in [0.25, 0.3) is 0 Å². The van der Waals surface area contributed by atoms with E-state index in [1.807, 2.05) is 7.05 Å². The summed E-state index contributed by atoms with van der Waals surface area (Å²) in [4.78, 5) is 8.30. The van der Waals surface area contributed by atoms with Crippen molar-refractivity contribution in [3.63, 3.8) is 0 Å². The van der Waals surface area contributed by atoms with E-state index in [2.05, 4.69) is 54.8 Å². The van der Waals surface area contributed by atoms with Crippen LogP contribution in [0.5, 0.6) is 0 Å². The first-order chi connectivity index (χ1) is 10.2. The van der Waals surface area contributed by atoms with Gasteiger partial charge in [-0.2, -0.15) is 0 Å². The summed E-state index contributed by atoms with van der Waals surface area (Å²) in [5.74, 6) is 1.59. The van der Waals surface area contributed by atoms with Gasteiger partial charge in [-0.15, -0.1) is 11.3 Å². The van der Waals surface area contributed by atoms with Gasteiger partial charge in [-0.05, 0) is 40.8 Å². The van der Waals surface area contributed by atoms with Crippen molar-refractivity contribution in [2.45, 2.75) is 38.4 Å². The molecule has 2 fully saturated rings. The molecular weight excluding hydrogens is 348 g/mol. The molecule has 2 N–H and O–H groups in total. The molecule has 1 aliphatic carbocycles. The van der Waals surface area contributed by atoms with Crippen molar-refractivity contribution in [3.05, 3.63) is 20.8 Å². The third-order valence-electron chi connectivity index (χ3n) is 4.30. The van der Waals surface area contributed by atoms with Crippen LogP contribution < -0.4 is 10.6 Å². The number of guanidine groups is 1. The predicted octanol–water partition coefficient (Wildman–Crippen LogP) is 2.66. The molecule has 6 heteroatoms. The zero-order valence-electron chi connectivity index (χ0n) is 12.6. The summed E-state index contributed by atoms with van der Waals surface area (Å²) in [6.45, 7) is 5.53. The van der Waals surface area contributed by atoms with E-state index in [-0.39, 0.29) is 0 Å². The Bertz CT molecular complexity index is 512. The molecule has 1 aliphatic heterocycles. The predicted molar refractivity (Wildman–Crippen MR) is 92.9 cm³/mol. The molecule has 0 radical (unpaired) electrons. The van der Waals surface area contributed by atoms with E-state index in [4.69, 9.17) is 0 Å². The van der Waals surface area contributed by atoms with Gasteiger partial charge < -0.3 is 10.6 Å². The number of nitrogens with one attached hydrogen (secondary N) is 2. The van der Waals surface area contributed by atoms with Crippen molar-refractivity contribution in [3.8, 4) is 0 Å². The van der Waals surface area contributed by atoms with Gasteiger partial charge in [0.25, 0.3) is 0 Å². The van der Waals surface area contributed by atoms with Crippen LogP contribution in [0.15, 0.2) is 20.9 Å². The van der Waals surface area contributed by atoms with Crippen molar-refractivity contribution in [2.24, 2.45) is 10.9 Å². The monoisotopic (exact) mass is 370 g/mol. The standard InChI is InChI=1S/C15H23BrN4S/c1-10-7-20(12-3-4-12)8-14(10)19-15(17-2)18-6-13-5-11(16)9-21-13/h5,9-10,12,14H,3-4,6-8H2,1-2H3,(H2,17,18,19). The Hall–Kier alpha value is -0.590. The number of hydrogen-bond acceptors (Lipinski definition) is 3. The topological polar surface area (TPSA) is 39.7 Å². The van der Waals surface area contributed by atoms with Crippen LogP contribution in [0.2, 0.25) is 0 Å². The van der Waals surface area contributed by atoms with Gasteiger partial charge in [-0.25, -0.2) is 0 Å². The van der Waals surface area contributed by atoms with Crippen molar-refractivity contribution >= 4 is 33.2 Å². The van der Waals surface area contributed by atoms with Gasteiger partial charge >= 0.3 is 0 Å². The minimum atomic E-state index is 0.506. The summed E-state index contributed by atoms with van der Waals surface area (Å²) in [5.41, 5.74) is 0. The van der Waals surface area contributed by atoms with Crippen molar-refractivity contribution in [1.29, 1.82) is 0 Å². The second kappa shape index (κ2) is 6.67. The van der Waals surface area contributed by atoms with Crippen LogP contribution >= 0.6 is 27.3 Å². The Morgan fingerprint density at radius 1 is 1.48 bits per heavy atom. The first kappa shape index (κ1) is 15.3. The molecule has 21 heavy (non-hydrogen) atoms. The molecular formula is C15H23BrN4S. The highest BCUT2D eigenvalue weighted by Gasteiger charge is 2.38. The average Bonchev–Trinajstić information content (AvgIpc) is 3.14. The van der Waals surface area contributed by atoms with Crippen molar-refractivity contribution < 1.29 is 0 Å². The molecule has 0 amide bonds. The van der Waals surface area contributed by atoms with Crippen molar-refractivity contribution in [2.75, 3.05) is 20.1 Å². The number of halogens is 1. The summed E-state index contributed by atoms with van der Waals surface area (Å²) >= 11 is 5.25. The Kier molecular flexibility index (Phi) is 4.86. The summed E-state index contributed by atoms with van der Waals surface area (Å²) in [7, 11) is 1.85. The molecule has 1 saturated heterocycles. The quantitative estimate of drug-likeness (QED) is 0.632. The van der Waals surface area contributed by atoms with Gasteiger partial charge in [0, 0.05) is 47.0 Å². The highest BCUT2D eigenvalue weighted by molar-refractivity contribution is 9.10. The van der Waals surface area contributed by atoms with Gasteiger partial charge in [0.15, 0.2) is 5.96 Å². The Labute approximate surface area is 139 Å². The molecule has 4 nitrogen and oxygen atoms in total. The first-order valence-electron chi connectivity index (χ1n) is 7.60. The minimum Gasteiger partial charge on any atom is -0.352 e. The van der Waals surface area contributed by atoms with Crippen molar-refractivity contribution in [1.82, 2.24) is 15.5 Å². The number of hydrogen-bond donors (Lipinski definition) is 2. The van der Waals surface area contributed by atoms with Crippen LogP contribution in [0.3, 0.4) is 0 Å². The van der Waals surface area contributed by atoms with Crippen LogP contribution in [-0.2, 0) is 6.54 Å². The summed E-state index contributed by atoms with van der Waals surface area (Å²) < 4.78 is 1.15. The lowest BCUT2D eigenvalue weighted by atomic mass is 10.1. The number of thiophene rings is 1. The van der Waals surface area contributed by atoms with E-state index < -0.39 is 0 Å². The van der Waals surface area contributed by atoms with Gasteiger partial charge in [0.1, 0.15) is 0 Å². The molecule has 2 atom stereocenters. The van der Waals surface area contributed by atoms with E-state index >= 15 is 0 Å². The summed E-state index contributed by atoms with van der Waals surface area (Å²) in [6, 6.07) is 3.52. The molecule has 0 bridgehead atoms. The zero-order chi connectivity index (χ0) is 14.8. The molecule has 1 aromatic rings. The fourth-order valence-electron chi connectivity index (χ4n) is 2.92. The smallest absolute Gasteiger partial charge is 0.191 e. The normalized spacial score (nSPS) is 27.1. The summed E-state index contributed by atoms with van der Waals surface area (Å²) in [5, 5.41) is 9.12. The van der Waals surface area contributed by atoms with E-state index in [1.165, 1.54) is 24.3 Å². The van der Waals surface area contributed by atoms with Gasteiger partial charge in [-0.3, -0.25) is 9.89 Å². The lowest BCUT2D eigenvalue weighted by Crippen LogP contribution is -2.46. The minimum absolute atomic E-state index is 0.506. The van der Waals surface area contributed by atoms with Crippen LogP contribution in [0.1, 0.15) is 24.6 Å². The fraction of sp³-hybridized carbons (Fsp3) is 0.667. The first-order valence-corrected chi connectivity index (χ1v) is 9.27. The molecule has 2 heterocycles. The maximum Gasteiger partial charge on any atom is 0.191 e. The van der Waals surface area contributed by atoms with Gasteiger partial charge in [0.05, 0.1) is 6.54 Å². The molecule has 2 unspecified atom stereocenters. The van der Waals surface area contributed by atoms with E-state index in [0.29, 0.717) is 12.0 Å². The molecule has 116 valence electrons. The zero-order valence-corrected chi connectivity index (χ0v) is 15.0. The van der Waals surface area contributed by atoms with Gasteiger partial charge in [-0.1, -0.05) is 6.92 Å². The maximum absolute atomic E-state index is 4.36. The third-order valence-corrected chi connectivity index (χ3v) is 6.00. The Morgan fingerprint density at radius 3 is 2.90 bits per heavy atom. The Morgan fingerprint density at radius 2 is 2.29 bits per heavy atom. The maximum atomic E-state index is 4.36. The number of nitrogens with zero attached hydrogens (tertiary/aromatic N) is 2. The van der Waals surface area contributed by atoms with Crippen LogP contribution in [0.4, 0.5) is 0 Å². The fourth-order valence-corrected chi connectivity index (χ4v) is 4.31. The van der Waals surface area contributed by atoms with Gasteiger partial charge in [0.2, 0.25) is 0 Å². The lowest BCUT2D eigenvalue weighted by molar-refractivity contribution is 0.315. The highest BCUT2D eigenvalue weighted by Crippen LogP contribution is 2.31. The second-order valence-corrected chi connectivity index (χ2v) is 7.98. The SMILES string of the molecule is CN=C(NCc1cc(Br)cs1)NC1CN(C2CC2)CC1C. The molecule has 0 spiro atoms. The number of aliphatic imine (C=N–C) groups is 1. The van der Waals surface area contributed by atoms with E-state index in [9.17, 15) is 0 Å². The summed E-state index contributed by atoms with van der Waals surface area (Å²) in [6.07, 6.45) is 2.78. The second-order valence-electron chi connectivity index (χ2n) is 6.07. The Balaban J connectivity index is 1.50. The molecule has 1 saturated carbocycles. The third kappa shape index (κ3) is 3.99. The molecule has 0 aromatic carbocycles. The largest absolute Gasteiger partial charge is 0.352 e. The average molecular weight is 371 g/mol. The lowest BCUT2D eigenvalue weighted by Gasteiger charge is -2.20. The van der Waals surface area contributed by atoms with E-state index in [1.54, 1.807) is 11.3 Å². The van der Waals surface area contributed by atoms with E-state index in [0.717, 1.165) is 29.6 Å². The van der Waals surface area contributed by atoms with Crippen LogP contribution in [0, 0.1) is 5.92 Å². The number of likely N-dealkylation sites (tertiary alicyclic amines) is 1.